The molecule has 0 bridgehead atoms. The molecule has 2 rings (SSSR count). The maximum atomic E-state index is 12.3. The van der Waals surface area contributed by atoms with Gasteiger partial charge >= 0.3 is 0 Å². The summed E-state index contributed by atoms with van der Waals surface area (Å²) in [6.07, 6.45) is 1.75. The van der Waals surface area contributed by atoms with Crippen molar-refractivity contribution in [2.24, 2.45) is 5.92 Å². The van der Waals surface area contributed by atoms with Crippen LogP contribution >= 0.6 is 15.9 Å². The standard InChI is InChI=1S/C17H25BrN2O/c1-14(2)6-7-19-8-10-20(11-9-19)17(21)13-15-4-3-5-16(18)12-15/h3-5,12,14H,6-11,13H2,1-2H3. The van der Waals surface area contributed by atoms with Gasteiger partial charge in [0.05, 0.1) is 6.42 Å². The van der Waals surface area contributed by atoms with Crippen LogP contribution in [-0.2, 0) is 11.2 Å². The maximum absolute atomic E-state index is 12.3. The predicted octanol–water partition coefficient (Wildman–Crippen LogP) is 3.18. The van der Waals surface area contributed by atoms with Gasteiger partial charge in [-0.05, 0) is 36.6 Å². The predicted molar refractivity (Wildman–Crippen MR) is 90.3 cm³/mol. The van der Waals surface area contributed by atoms with E-state index in [4.69, 9.17) is 0 Å². The molecule has 1 amide bonds. The van der Waals surface area contributed by atoms with E-state index in [-0.39, 0.29) is 5.91 Å². The second-order valence-electron chi connectivity index (χ2n) is 6.21. The smallest absolute Gasteiger partial charge is 0.227 e. The van der Waals surface area contributed by atoms with Gasteiger partial charge in [0.25, 0.3) is 0 Å². The van der Waals surface area contributed by atoms with Crippen LogP contribution in [0.1, 0.15) is 25.8 Å². The lowest BCUT2D eigenvalue weighted by molar-refractivity contribution is -0.132. The minimum absolute atomic E-state index is 0.247. The SMILES string of the molecule is CC(C)CCN1CCN(C(=O)Cc2cccc(Br)c2)CC1. The summed E-state index contributed by atoms with van der Waals surface area (Å²) in [6.45, 7) is 9.44. The number of piperazine rings is 1. The Bertz CT molecular complexity index is 468. The van der Waals surface area contributed by atoms with Crippen molar-refractivity contribution in [2.75, 3.05) is 32.7 Å². The normalized spacial score (nSPS) is 16.5. The molecule has 0 spiro atoms. The minimum Gasteiger partial charge on any atom is -0.340 e. The Morgan fingerprint density at radius 1 is 1.24 bits per heavy atom. The van der Waals surface area contributed by atoms with Crippen LogP contribution in [-0.4, -0.2) is 48.4 Å². The fourth-order valence-electron chi connectivity index (χ4n) is 2.60. The Balaban J connectivity index is 1.78. The lowest BCUT2D eigenvalue weighted by Crippen LogP contribution is -2.49. The van der Waals surface area contributed by atoms with Crippen LogP contribution in [0.2, 0.25) is 0 Å². The summed E-state index contributed by atoms with van der Waals surface area (Å²) < 4.78 is 1.03. The third kappa shape index (κ3) is 5.44. The summed E-state index contributed by atoms with van der Waals surface area (Å²) in [5.74, 6) is 0.998. The van der Waals surface area contributed by atoms with Crippen molar-refractivity contribution in [1.29, 1.82) is 0 Å². The van der Waals surface area contributed by atoms with E-state index in [0.29, 0.717) is 6.42 Å². The van der Waals surface area contributed by atoms with E-state index in [0.717, 1.165) is 48.7 Å². The van der Waals surface area contributed by atoms with E-state index < -0.39 is 0 Å². The minimum atomic E-state index is 0.247. The Kier molecular flexibility index (Phi) is 6.24. The molecule has 1 saturated heterocycles. The topological polar surface area (TPSA) is 23.6 Å². The second-order valence-corrected chi connectivity index (χ2v) is 7.13. The molecule has 0 unspecified atom stereocenters. The number of rotatable bonds is 5. The zero-order valence-corrected chi connectivity index (χ0v) is 14.6. The van der Waals surface area contributed by atoms with Crippen LogP contribution in [0.5, 0.6) is 0 Å². The van der Waals surface area contributed by atoms with Crippen molar-refractivity contribution >= 4 is 21.8 Å². The largest absolute Gasteiger partial charge is 0.340 e. The Morgan fingerprint density at radius 2 is 1.95 bits per heavy atom. The molecule has 0 atom stereocenters. The molecule has 0 radical (unpaired) electrons. The molecule has 116 valence electrons. The molecule has 0 N–H and O–H groups in total. The van der Waals surface area contributed by atoms with Gasteiger partial charge in [0.1, 0.15) is 0 Å². The third-order valence-electron chi connectivity index (χ3n) is 3.99. The Morgan fingerprint density at radius 3 is 2.57 bits per heavy atom. The highest BCUT2D eigenvalue weighted by atomic mass is 79.9. The van der Waals surface area contributed by atoms with Crippen molar-refractivity contribution in [3.8, 4) is 0 Å². The van der Waals surface area contributed by atoms with Crippen molar-refractivity contribution < 1.29 is 4.79 Å². The first-order chi connectivity index (χ1) is 10.0. The zero-order valence-electron chi connectivity index (χ0n) is 13.0. The number of halogens is 1. The lowest BCUT2D eigenvalue weighted by Gasteiger charge is -2.35. The monoisotopic (exact) mass is 352 g/mol. The second kappa shape index (κ2) is 7.95. The van der Waals surface area contributed by atoms with E-state index in [1.54, 1.807) is 0 Å². The fourth-order valence-corrected chi connectivity index (χ4v) is 3.04. The van der Waals surface area contributed by atoms with Crippen molar-refractivity contribution in [2.45, 2.75) is 26.7 Å². The molecule has 1 aliphatic heterocycles. The van der Waals surface area contributed by atoms with Gasteiger partial charge in [-0.25, -0.2) is 0 Å². The van der Waals surface area contributed by atoms with Crippen molar-refractivity contribution in [3.05, 3.63) is 34.3 Å². The molecule has 1 heterocycles. The number of benzene rings is 1. The number of nitrogens with zero attached hydrogens (tertiary/aromatic N) is 2. The number of carbonyl (C=O) groups excluding carboxylic acids is 1. The first-order valence-corrected chi connectivity index (χ1v) is 8.58. The summed E-state index contributed by atoms with van der Waals surface area (Å²) >= 11 is 3.45. The fraction of sp³-hybridized carbons (Fsp3) is 0.588. The molecule has 1 aromatic carbocycles. The van der Waals surface area contributed by atoms with Crippen molar-refractivity contribution in [1.82, 2.24) is 9.80 Å². The lowest BCUT2D eigenvalue weighted by atomic mass is 10.1. The van der Waals surface area contributed by atoms with E-state index in [1.807, 2.05) is 29.2 Å². The quantitative estimate of drug-likeness (QED) is 0.812. The molecular weight excluding hydrogens is 328 g/mol. The first-order valence-electron chi connectivity index (χ1n) is 7.79. The van der Waals surface area contributed by atoms with Gasteiger partial charge in [0, 0.05) is 30.7 Å². The Labute approximate surface area is 136 Å². The van der Waals surface area contributed by atoms with Crippen LogP contribution in [0.25, 0.3) is 0 Å². The summed E-state index contributed by atoms with van der Waals surface area (Å²) in [4.78, 5) is 16.8. The van der Waals surface area contributed by atoms with Gasteiger partial charge in [-0.1, -0.05) is 41.9 Å². The van der Waals surface area contributed by atoms with Gasteiger partial charge in [0.15, 0.2) is 0 Å². The average Bonchev–Trinajstić information content (AvgIpc) is 2.45. The van der Waals surface area contributed by atoms with E-state index >= 15 is 0 Å². The molecule has 1 aromatic rings. The maximum Gasteiger partial charge on any atom is 0.227 e. The first kappa shape index (κ1) is 16.5. The van der Waals surface area contributed by atoms with E-state index in [9.17, 15) is 4.79 Å². The van der Waals surface area contributed by atoms with E-state index in [1.165, 1.54) is 6.42 Å². The summed E-state index contributed by atoms with van der Waals surface area (Å²) in [5, 5.41) is 0. The van der Waals surface area contributed by atoms with Gasteiger partial charge in [-0.2, -0.15) is 0 Å². The molecule has 1 fully saturated rings. The van der Waals surface area contributed by atoms with Gasteiger partial charge in [-0.3, -0.25) is 9.69 Å². The highest BCUT2D eigenvalue weighted by Crippen LogP contribution is 2.14. The number of hydrogen-bond acceptors (Lipinski definition) is 2. The molecular formula is C17H25BrN2O. The van der Waals surface area contributed by atoms with Crippen LogP contribution < -0.4 is 0 Å². The Hall–Kier alpha value is -0.870. The van der Waals surface area contributed by atoms with E-state index in [2.05, 4.69) is 34.7 Å². The highest BCUT2D eigenvalue weighted by Gasteiger charge is 2.20. The summed E-state index contributed by atoms with van der Waals surface area (Å²) in [7, 11) is 0. The van der Waals surface area contributed by atoms with Gasteiger partial charge in [-0.15, -0.1) is 0 Å². The molecule has 3 nitrogen and oxygen atoms in total. The molecule has 0 aromatic heterocycles. The molecule has 4 heteroatoms. The number of amides is 1. The average molecular weight is 353 g/mol. The van der Waals surface area contributed by atoms with Crippen LogP contribution in [0.3, 0.4) is 0 Å². The third-order valence-corrected chi connectivity index (χ3v) is 4.49. The van der Waals surface area contributed by atoms with Crippen molar-refractivity contribution in [3.63, 3.8) is 0 Å². The highest BCUT2D eigenvalue weighted by molar-refractivity contribution is 9.10. The number of hydrogen-bond donors (Lipinski definition) is 0. The van der Waals surface area contributed by atoms with Gasteiger partial charge in [0.2, 0.25) is 5.91 Å². The molecule has 0 aliphatic carbocycles. The molecule has 1 aliphatic rings. The zero-order chi connectivity index (χ0) is 15.2. The summed E-state index contributed by atoms with van der Waals surface area (Å²) in [6, 6.07) is 8.01. The van der Waals surface area contributed by atoms with Crippen LogP contribution in [0, 0.1) is 5.92 Å². The van der Waals surface area contributed by atoms with Crippen LogP contribution in [0.15, 0.2) is 28.7 Å². The molecule has 0 saturated carbocycles. The molecule has 21 heavy (non-hydrogen) atoms. The van der Waals surface area contributed by atoms with Gasteiger partial charge < -0.3 is 4.90 Å². The number of carbonyl (C=O) groups is 1. The summed E-state index contributed by atoms with van der Waals surface area (Å²) in [5.41, 5.74) is 1.08. The van der Waals surface area contributed by atoms with Crippen LogP contribution in [0.4, 0.5) is 0 Å².